The molecule has 0 saturated heterocycles. The molecule has 0 radical (unpaired) electrons. The number of benzene rings is 1. The number of aryl methyl sites for hydroxylation is 1. The highest BCUT2D eigenvalue weighted by Crippen LogP contribution is 2.26. The van der Waals surface area contributed by atoms with Crippen LogP contribution in [-0.4, -0.2) is 19.7 Å². The number of rotatable bonds is 3. The SMILES string of the molecule is Cc1ccccc1S(=O)(=O)C(C)(C)CN. The van der Waals surface area contributed by atoms with E-state index >= 15 is 0 Å². The van der Waals surface area contributed by atoms with Crippen molar-refractivity contribution in [2.24, 2.45) is 5.73 Å². The maximum atomic E-state index is 12.2. The van der Waals surface area contributed by atoms with Crippen LogP contribution in [-0.2, 0) is 9.84 Å². The number of sulfone groups is 1. The third-order valence-corrected chi connectivity index (χ3v) is 5.26. The van der Waals surface area contributed by atoms with Gasteiger partial charge in [-0.3, -0.25) is 0 Å². The molecule has 0 atom stereocenters. The molecule has 84 valence electrons. The van der Waals surface area contributed by atoms with Crippen LogP contribution in [0.15, 0.2) is 29.2 Å². The van der Waals surface area contributed by atoms with Crippen molar-refractivity contribution < 1.29 is 8.42 Å². The first-order valence-electron chi connectivity index (χ1n) is 4.83. The van der Waals surface area contributed by atoms with E-state index < -0.39 is 14.6 Å². The first kappa shape index (κ1) is 12.2. The summed E-state index contributed by atoms with van der Waals surface area (Å²) in [5.41, 5.74) is 6.26. The van der Waals surface area contributed by atoms with Crippen molar-refractivity contribution in [2.45, 2.75) is 30.4 Å². The summed E-state index contributed by atoms with van der Waals surface area (Å²) in [5, 5.41) is 0. The molecule has 0 aliphatic carbocycles. The summed E-state index contributed by atoms with van der Waals surface area (Å²) in [6.07, 6.45) is 0. The van der Waals surface area contributed by atoms with Crippen molar-refractivity contribution in [1.29, 1.82) is 0 Å². The van der Waals surface area contributed by atoms with Crippen LogP contribution >= 0.6 is 0 Å². The van der Waals surface area contributed by atoms with E-state index in [1.165, 1.54) is 0 Å². The summed E-state index contributed by atoms with van der Waals surface area (Å²) in [7, 11) is -3.34. The summed E-state index contributed by atoms with van der Waals surface area (Å²) < 4.78 is 23.5. The molecule has 0 aliphatic rings. The van der Waals surface area contributed by atoms with Crippen LogP contribution in [0, 0.1) is 6.92 Å². The van der Waals surface area contributed by atoms with Gasteiger partial charge in [-0.2, -0.15) is 0 Å². The van der Waals surface area contributed by atoms with E-state index in [4.69, 9.17) is 5.73 Å². The lowest BCUT2D eigenvalue weighted by molar-refractivity contribution is 0.548. The molecular formula is C11H17NO2S. The van der Waals surface area contributed by atoms with Crippen LogP contribution in [0.3, 0.4) is 0 Å². The lowest BCUT2D eigenvalue weighted by atomic mass is 10.2. The standard InChI is InChI=1S/C11H17NO2S/c1-9-6-4-5-7-10(9)15(13,14)11(2,3)8-12/h4-7H,8,12H2,1-3H3. The van der Waals surface area contributed by atoms with Gasteiger partial charge in [-0.05, 0) is 32.4 Å². The Labute approximate surface area is 91.2 Å². The molecule has 3 nitrogen and oxygen atoms in total. The quantitative estimate of drug-likeness (QED) is 0.851. The van der Waals surface area contributed by atoms with Gasteiger partial charge in [0, 0.05) is 6.54 Å². The molecule has 0 heterocycles. The molecule has 4 heteroatoms. The maximum absolute atomic E-state index is 12.2. The van der Waals surface area contributed by atoms with Crippen molar-refractivity contribution in [1.82, 2.24) is 0 Å². The predicted molar refractivity (Wildman–Crippen MR) is 61.5 cm³/mol. The monoisotopic (exact) mass is 227 g/mol. The predicted octanol–water partition coefficient (Wildman–Crippen LogP) is 1.51. The Morgan fingerprint density at radius 1 is 1.27 bits per heavy atom. The minimum absolute atomic E-state index is 0.115. The van der Waals surface area contributed by atoms with Crippen molar-refractivity contribution in [3.05, 3.63) is 29.8 Å². The van der Waals surface area contributed by atoms with Gasteiger partial charge < -0.3 is 5.73 Å². The minimum Gasteiger partial charge on any atom is -0.329 e. The van der Waals surface area contributed by atoms with Crippen LogP contribution in [0.1, 0.15) is 19.4 Å². The Balaban J connectivity index is 3.37. The lowest BCUT2D eigenvalue weighted by Gasteiger charge is -2.23. The number of nitrogens with two attached hydrogens (primary N) is 1. The molecule has 0 amide bonds. The first-order chi connectivity index (χ1) is 6.83. The zero-order valence-electron chi connectivity index (χ0n) is 9.32. The highest BCUT2D eigenvalue weighted by atomic mass is 32.2. The van der Waals surface area contributed by atoms with Gasteiger partial charge in [0.15, 0.2) is 9.84 Å². The summed E-state index contributed by atoms with van der Waals surface area (Å²) in [5.74, 6) is 0. The largest absolute Gasteiger partial charge is 0.329 e. The second-order valence-electron chi connectivity index (χ2n) is 4.23. The van der Waals surface area contributed by atoms with Gasteiger partial charge >= 0.3 is 0 Å². The maximum Gasteiger partial charge on any atom is 0.185 e. The smallest absolute Gasteiger partial charge is 0.185 e. The van der Waals surface area contributed by atoms with E-state index in [0.717, 1.165) is 5.56 Å². The second kappa shape index (κ2) is 3.94. The van der Waals surface area contributed by atoms with Gasteiger partial charge in [0.25, 0.3) is 0 Å². The highest BCUT2D eigenvalue weighted by molar-refractivity contribution is 7.92. The van der Waals surface area contributed by atoms with E-state index in [1.807, 2.05) is 6.07 Å². The van der Waals surface area contributed by atoms with Gasteiger partial charge in [-0.15, -0.1) is 0 Å². The average molecular weight is 227 g/mol. The van der Waals surface area contributed by atoms with Crippen LogP contribution < -0.4 is 5.73 Å². The van der Waals surface area contributed by atoms with Crippen molar-refractivity contribution in [3.8, 4) is 0 Å². The van der Waals surface area contributed by atoms with Crippen molar-refractivity contribution in [3.63, 3.8) is 0 Å². The van der Waals surface area contributed by atoms with E-state index in [9.17, 15) is 8.42 Å². The summed E-state index contributed by atoms with van der Waals surface area (Å²) >= 11 is 0. The van der Waals surface area contributed by atoms with Crippen molar-refractivity contribution >= 4 is 9.84 Å². The molecular weight excluding hydrogens is 210 g/mol. The van der Waals surface area contributed by atoms with Crippen LogP contribution in [0.25, 0.3) is 0 Å². The van der Waals surface area contributed by atoms with Crippen LogP contribution in [0.4, 0.5) is 0 Å². The Kier molecular flexibility index (Phi) is 3.21. The van der Waals surface area contributed by atoms with Gasteiger partial charge in [-0.1, -0.05) is 18.2 Å². The fourth-order valence-electron chi connectivity index (χ4n) is 1.27. The van der Waals surface area contributed by atoms with E-state index in [0.29, 0.717) is 4.90 Å². The average Bonchev–Trinajstić information content (AvgIpc) is 2.18. The van der Waals surface area contributed by atoms with Gasteiger partial charge in [0.1, 0.15) is 0 Å². The van der Waals surface area contributed by atoms with Crippen LogP contribution in [0.5, 0.6) is 0 Å². The summed E-state index contributed by atoms with van der Waals surface area (Å²) in [6, 6.07) is 6.97. The Morgan fingerprint density at radius 3 is 2.27 bits per heavy atom. The topological polar surface area (TPSA) is 60.2 Å². The van der Waals surface area contributed by atoms with E-state index in [-0.39, 0.29) is 6.54 Å². The lowest BCUT2D eigenvalue weighted by Crippen LogP contribution is -2.39. The number of hydrogen-bond donors (Lipinski definition) is 1. The molecule has 2 N–H and O–H groups in total. The molecule has 0 bridgehead atoms. The second-order valence-corrected chi connectivity index (χ2v) is 6.78. The zero-order chi connectivity index (χ0) is 11.7. The molecule has 0 aliphatic heterocycles. The molecule has 0 unspecified atom stereocenters. The molecule has 0 fully saturated rings. The molecule has 15 heavy (non-hydrogen) atoms. The third kappa shape index (κ3) is 2.06. The summed E-state index contributed by atoms with van der Waals surface area (Å²) in [6.45, 7) is 5.20. The van der Waals surface area contributed by atoms with Crippen LogP contribution in [0.2, 0.25) is 0 Å². The minimum atomic E-state index is -3.34. The summed E-state index contributed by atoms with van der Waals surface area (Å²) in [4.78, 5) is 0.375. The molecule has 0 spiro atoms. The third-order valence-electron chi connectivity index (χ3n) is 2.60. The molecule has 1 rings (SSSR count). The van der Waals surface area contributed by atoms with E-state index in [2.05, 4.69) is 0 Å². The van der Waals surface area contributed by atoms with Gasteiger partial charge in [-0.25, -0.2) is 8.42 Å². The zero-order valence-corrected chi connectivity index (χ0v) is 10.1. The Hall–Kier alpha value is -0.870. The molecule has 0 aromatic heterocycles. The first-order valence-corrected chi connectivity index (χ1v) is 6.31. The highest BCUT2D eigenvalue weighted by Gasteiger charge is 2.35. The Bertz CT molecular complexity index is 449. The fraction of sp³-hybridized carbons (Fsp3) is 0.455. The molecule has 1 aromatic carbocycles. The molecule has 0 saturated carbocycles. The number of hydrogen-bond acceptors (Lipinski definition) is 3. The van der Waals surface area contributed by atoms with Crippen molar-refractivity contribution in [2.75, 3.05) is 6.54 Å². The van der Waals surface area contributed by atoms with Gasteiger partial charge in [0.05, 0.1) is 9.64 Å². The van der Waals surface area contributed by atoms with Gasteiger partial charge in [0.2, 0.25) is 0 Å². The Morgan fingerprint density at radius 2 is 1.80 bits per heavy atom. The molecule has 1 aromatic rings. The van der Waals surface area contributed by atoms with E-state index in [1.54, 1.807) is 39.0 Å². The fourth-order valence-corrected chi connectivity index (χ4v) is 2.83. The normalized spacial score (nSPS) is 12.8.